The highest BCUT2D eigenvalue weighted by Crippen LogP contribution is 2.36. The number of benzene rings is 1. The van der Waals surface area contributed by atoms with E-state index in [9.17, 15) is 5.26 Å². The summed E-state index contributed by atoms with van der Waals surface area (Å²) in [5, 5.41) is 13.3. The molecular formula is C17H24ClN3. The normalized spacial score (nSPS) is 25.6. The molecule has 0 heterocycles. The van der Waals surface area contributed by atoms with Crippen molar-refractivity contribution in [1.29, 1.82) is 5.26 Å². The second-order valence-corrected chi connectivity index (χ2v) is 6.91. The molecule has 1 N–H and O–H groups in total. The summed E-state index contributed by atoms with van der Waals surface area (Å²) in [6.07, 6.45) is 4.99. The summed E-state index contributed by atoms with van der Waals surface area (Å²) in [6.45, 7) is 3.20. The highest BCUT2D eigenvalue weighted by molar-refractivity contribution is 6.30. The van der Waals surface area contributed by atoms with Gasteiger partial charge in [-0.2, -0.15) is 5.26 Å². The van der Waals surface area contributed by atoms with Crippen LogP contribution in [0.4, 0.5) is 5.69 Å². The molecule has 1 aromatic carbocycles. The van der Waals surface area contributed by atoms with Crippen molar-refractivity contribution < 1.29 is 0 Å². The van der Waals surface area contributed by atoms with Crippen LogP contribution >= 0.6 is 11.6 Å². The van der Waals surface area contributed by atoms with Crippen LogP contribution in [0.3, 0.4) is 0 Å². The molecular weight excluding hydrogens is 282 g/mol. The Morgan fingerprint density at radius 2 is 2.24 bits per heavy atom. The van der Waals surface area contributed by atoms with Crippen LogP contribution in [0.15, 0.2) is 18.2 Å². The standard InChI is InChI=1S/C17H24ClN3/c1-13-5-4-8-17(10-13,21(2)3)12-20-16-7-6-15(18)9-14(16)11-19/h6-7,9,13,20H,4-5,8,10,12H2,1-3H3. The van der Waals surface area contributed by atoms with Crippen molar-refractivity contribution in [1.82, 2.24) is 4.90 Å². The molecule has 1 fully saturated rings. The van der Waals surface area contributed by atoms with Gasteiger partial charge in [0.15, 0.2) is 0 Å². The number of hydrogen-bond acceptors (Lipinski definition) is 3. The average molecular weight is 306 g/mol. The zero-order valence-electron chi connectivity index (χ0n) is 13.1. The summed E-state index contributed by atoms with van der Waals surface area (Å²) in [6, 6.07) is 7.66. The molecule has 2 rings (SSSR count). The Balaban J connectivity index is 2.15. The fraction of sp³-hybridized carbons (Fsp3) is 0.588. The van der Waals surface area contributed by atoms with Crippen LogP contribution in [-0.2, 0) is 0 Å². The number of hydrogen-bond donors (Lipinski definition) is 1. The minimum Gasteiger partial charge on any atom is -0.382 e. The van der Waals surface area contributed by atoms with E-state index in [0.29, 0.717) is 10.6 Å². The predicted octanol–water partition coefficient (Wildman–Crippen LogP) is 4.13. The number of nitrogens with zero attached hydrogens (tertiary/aromatic N) is 2. The van der Waals surface area contributed by atoms with Gasteiger partial charge in [0.05, 0.1) is 11.3 Å². The van der Waals surface area contributed by atoms with Gasteiger partial charge in [0.25, 0.3) is 0 Å². The van der Waals surface area contributed by atoms with E-state index < -0.39 is 0 Å². The lowest BCUT2D eigenvalue weighted by Gasteiger charge is -2.45. The first kappa shape index (κ1) is 16.1. The molecule has 0 aromatic heterocycles. The van der Waals surface area contributed by atoms with Crippen LogP contribution in [0.2, 0.25) is 5.02 Å². The van der Waals surface area contributed by atoms with Gasteiger partial charge in [-0.3, -0.25) is 0 Å². The first-order valence-electron chi connectivity index (χ1n) is 7.58. The zero-order valence-corrected chi connectivity index (χ0v) is 13.9. The summed E-state index contributed by atoms with van der Waals surface area (Å²) in [5.74, 6) is 0.753. The van der Waals surface area contributed by atoms with Crippen molar-refractivity contribution in [2.24, 2.45) is 5.92 Å². The van der Waals surface area contributed by atoms with E-state index in [-0.39, 0.29) is 5.54 Å². The number of nitriles is 1. The maximum Gasteiger partial charge on any atom is 0.101 e. The summed E-state index contributed by atoms with van der Waals surface area (Å²) >= 11 is 5.95. The maximum atomic E-state index is 9.24. The van der Waals surface area contributed by atoms with Crippen LogP contribution in [0.1, 0.15) is 38.2 Å². The molecule has 2 unspecified atom stereocenters. The topological polar surface area (TPSA) is 39.1 Å². The minimum absolute atomic E-state index is 0.171. The van der Waals surface area contributed by atoms with Gasteiger partial charge >= 0.3 is 0 Å². The summed E-state index contributed by atoms with van der Waals surface area (Å²) in [4.78, 5) is 2.34. The predicted molar refractivity (Wildman–Crippen MR) is 88.7 cm³/mol. The van der Waals surface area contributed by atoms with Crippen LogP contribution in [-0.4, -0.2) is 31.1 Å². The molecule has 3 nitrogen and oxygen atoms in total. The van der Waals surface area contributed by atoms with Gasteiger partial charge in [-0.1, -0.05) is 31.4 Å². The monoisotopic (exact) mass is 305 g/mol. The molecule has 0 bridgehead atoms. The zero-order chi connectivity index (χ0) is 15.5. The fourth-order valence-electron chi connectivity index (χ4n) is 3.38. The SMILES string of the molecule is CC1CCCC(CNc2ccc(Cl)cc2C#N)(N(C)C)C1. The highest BCUT2D eigenvalue weighted by atomic mass is 35.5. The van der Waals surface area contributed by atoms with Gasteiger partial charge in [-0.25, -0.2) is 0 Å². The van der Waals surface area contributed by atoms with Gasteiger partial charge in [0.2, 0.25) is 0 Å². The third-order valence-electron chi connectivity index (χ3n) is 4.73. The third kappa shape index (κ3) is 3.70. The molecule has 1 aliphatic rings. The van der Waals surface area contributed by atoms with Crippen LogP contribution < -0.4 is 5.32 Å². The lowest BCUT2D eigenvalue weighted by molar-refractivity contribution is 0.0882. The van der Waals surface area contributed by atoms with E-state index in [1.807, 2.05) is 12.1 Å². The molecule has 1 aliphatic carbocycles. The van der Waals surface area contributed by atoms with Crippen molar-refractivity contribution in [3.8, 4) is 6.07 Å². The lowest BCUT2D eigenvalue weighted by Crippen LogP contribution is -2.52. The van der Waals surface area contributed by atoms with E-state index >= 15 is 0 Å². The summed E-state index contributed by atoms with van der Waals surface area (Å²) in [5.41, 5.74) is 1.66. The molecule has 0 aliphatic heterocycles. The quantitative estimate of drug-likeness (QED) is 0.909. The molecule has 1 aromatic rings. The molecule has 4 heteroatoms. The number of anilines is 1. The summed E-state index contributed by atoms with van der Waals surface area (Å²) < 4.78 is 0. The van der Waals surface area contributed by atoms with E-state index in [1.54, 1.807) is 6.07 Å². The molecule has 0 spiro atoms. The maximum absolute atomic E-state index is 9.24. The van der Waals surface area contributed by atoms with Crippen LogP contribution in [0, 0.1) is 17.2 Å². The molecule has 21 heavy (non-hydrogen) atoms. The lowest BCUT2D eigenvalue weighted by atomic mass is 9.75. The van der Waals surface area contributed by atoms with Gasteiger partial charge in [0, 0.05) is 17.1 Å². The number of nitrogens with one attached hydrogen (secondary N) is 1. The van der Waals surface area contributed by atoms with Crippen LogP contribution in [0.25, 0.3) is 0 Å². The number of rotatable bonds is 4. The molecule has 0 radical (unpaired) electrons. The smallest absolute Gasteiger partial charge is 0.101 e. The van der Waals surface area contributed by atoms with E-state index in [1.165, 1.54) is 25.7 Å². The molecule has 2 atom stereocenters. The largest absolute Gasteiger partial charge is 0.382 e. The van der Waals surface area contributed by atoms with E-state index in [0.717, 1.165) is 18.2 Å². The van der Waals surface area contributed by atoms with Gasteiger partial charge < -0.3 is 10.2 Å². The van der Waals surface area contributed by atoms with Crippen LogP contribution in [0.5, 0.6) is 0 Å². The minimum atomic E-state index is 0.171. The first-order chi connectivity index (χ1) is 9.97. The molecule has 114 valence electrons. The van der Waals surface area contributed by atoms with Gasteiger partial charge in [0.1, 0.15) is 6.07 Å². The Labute approximate surface area is 132 Å². The van der Waals surface area contributed by atoms with Gasteiger partial charge in [-0.05, 0) is 51.1 Å². The first-order valence-corrected chi connectivity index (χ1v) is 7.95. The Hall–Kier alpha value is -1.24. The Bertz CT molecular complexity index is 535. The highest BCUT2D eigenvalue weighted by Gasteiger charge is 2.36. The fourth-order valence-corrected chi connectivity index (χ4v) is 3.55. The Morgan fingerprint density at radius 1 is 1.48 bits per heavy atom. The van der Waals surface area contributed by atoms with E-state index in [4.69, 9.17) is 11.6 Å². The summed E-state index contributed by atoms with van der Waals surface area (Å²) in [7, 11) is 4.32. The second-order valence-electron chi connectivity index (χ2n) is 6.48. The molecule has 0 saturated heterocycles. The second kappa shape index (κ2) is 6.68. The Morgan fingerprint density at radius 3 is 2.86 bits per heavy atom. The van der Waals surface area contributed by atoms with Gasteiger partial charge in [-0.15, -0.1) is 0 Å². The van der Waals surface area contributed by atoms with Crippen molar-refractivity contribution in [2.75, 3.05) is 26.0 Å². The average Bonchev–Trinajstić information content (AvgIpc) is 2.45. The van der Waals surface area contributed by atoms with E-state index in [2.05, 4.69) is 37.3 Å². The van der Waals surface area contributed by atoms with Crippen molar-refractivity contribution in [3.63, 3.8) is 0 Å². The van der Waals surface area contributed by atoms with Crippen molar-refractivity contribution in [3.05, 3.63) is 28.8 Å². The van der Waals surface area contributed by atoms with Crippen molar-refractivity contribution >= 4 is 17.3 Å². The number of halogens is 1. The Kier molecular flexibility index (Phi) is 5.13. The number of likely N-dealkylation sites (N-methyl/N-ethyl adjacent to an activating group) is 1. The molecule has 0 amide bonds. The third-order valence-corrected chi connectivity index (χ3v) is 4.96. The molecule has 1 saturated carbocycles. The van der Waals surface area contributed by atoms with Crippen molar-refractivity contribution in [2.45, 2.75) is 38.1 Å².